The van der Waals surface area contributed by atoms with Crippen LogP contribution in [0.4, 0.5) is 5.95 Å². The Balaban J connectivity index is 1.49. The van der Waals surface area contributed by atoms with Gasteiger partial charge < -0.3 is 9.42 Å². The Bertz CT molecular complexity index is 1010. The summed E-state index contributed by atoms with van der Waals surface area (Å²) in [4.78, 5) is 32.6. The van der Waals surface area contributed by atoms with Crippen molar-refractivity contribution in [3.05, 3.63) is 45.7 Å². The Morgan fingerprint density at radius 3 is 2.96 bits per heavy atom. The van der Waals surface area contributed by atoms with Crippen LogP contribution in [-0.4, -0.2) is 43.2 Å². The molecular formula is C18H20N6O3S. The Morgan fingerprint density at radius 2 is 2.25 bits per heavy atom. The van der Waals surface area contributed by atoms with E-state index >= 15 is 0 Å². The quantitative estimate of drug-likeness (QED) is 0.706. The molecule has 1 aliphatic heterocycles. The molecule has 4 heterocycles. The van der Waals surface area contributed by atoms with Crippen molar-refractivity contribution in [1.29, 1.82) is 0 Å². The summed E-state index contributed by atoms with van der Waals surface area (Å²) in [6, 6.07) is 5.30. The molecule has 10 heteroatoms. The van der Waals surface area contributed by atoms with E-state index in [2.05, 4.69) is 20.6 Å². The summed E-state index contributed by atoms with van der Waals surface area (Å²) in [6.07, 6.45) is 3.99. The SMILES string of the molecule is CCc1cc(C(=O)N2CCC[C@H]2c2ccc(C(=O)Nc3ncn(C)n3)s2)on1. The van der Waals surface area contributed by atoms with Crippen LogP contribution in [0.5, 0.6) is 0 Å². The fourth-order valence-corrected chi connectivity index (χ4v) is 4.29. The van der Waals surface area contributed by atoms with Crippen LogP contribution in [0, 0.1) is 0 Å². The van der Waals surface area contributed by atoms with Gasteiger partial charge in [-0.05, 0) is 31.4 Å². The molecule has 0 spiro atoms. The molecule has 1 atom stereocenters. The van der Waals surface area contributed by atoms with Crippen LogP contribution in [0.25, 0.3) is 0 Å². The van der Waals surface area contributed by atoms with Crippen LogP contribution in [0.1, 0.15) is 56.6 Å². The standard InChI is InChI=1S/C18H20N6O3S/c1-3-11-9-13(27-22-11)17(26)24-8-4-5-12(24)14-6-7-15(28-14)16(25)20-18-19-10-23(2)21-18/h6-7,9-10,12H,3-5,8H2,1-2H3,(H,20,21,25)/t12-/m0/s1. The Kier molecular flexibility index (Phi) is 4.95. The van der Waals surface area contributed by atoms with E-state index in [9.17, 15) is 9.59 Å². The molecule has 3 aromatic rings. The molecule has 2 amide bonds. The third-order valence-electron chi connectivity index (χ3n) is 4.65. The average molecular weight is 400 g/mol. The van der Waals surface area contributed by atoms with Gasteiger partial charge in [-0.1, -0.05) is 12.1 Å². The molecule has 0 aliphatic carbocycles. The summed E-state index contributed by atoms with van der Waals surface area (Å²) < 4.78 is 6.73. The third-order valence-corrected chi connectivity index (χ3v) is 5.83. The van der Waals surface area contributed by atoms with Crippen molar-refractivity contribution in [1.82, 2.24) is 24.8 Å². The van der Waals surface area contributed by atoms with Gasteiger partial charge in [0, 0.05) is 24.5 Å². The van der Waals surface area contributed by atoms with E-state index in [1.54, 1.807) is 24.1 Å². The molecule has 0 unspecified atom stereocenters. The number of carbonyl (C=O) groups is 2. The van der Waals surface area contributed by atoms with Gasteiger partial charge in [-0.3, -0.25) is 19.6 Å². The fraction of sp³-hybridized carbons (Fsp3) is 0.389. The van der Waals surface area contributed by atoms with E-state index in [0.29, 0.717) is 17.8 Å². The predicted octanol–water partition coefficient (Wildman–Crippen LogP) is 2.66. The van der Waals surface area contributed by atoms with Gasteiger partial charge in [-0.15, -0.1) is 16.4 Å². The fourth-order valence-electron chi connectivity index (χ4n) is 3.24. The highest BCUT2D eigenvalue weighted by atomic mass is 32.1. The minimum atomic E-state index is -0.263. The minimum Gasteiger partial charge on any atom is -0.351 e. The van der Waals surface area contributed by atoms with Crippen molar-refractivity contribution >= 4 is 29.1 Å². The third kappa shape index (κ3) is 3.55. The molecule has 1 saturated heterocycles. The van der Waals surface area contributed by atoms with Gasteiger partial charge in [-0.25, -0.2) is 4.98 Å². The molecular weight excluding hydrogens is 380 g/mol. The lowest BCUT2D eigenvalue weighted by molar-refractivity contribution is 0.0695. The van der Waals surface area contributed by atoms with Crippen molar-refractivity contribution in [2.24, 2.45) is 7.05 Å². The molecule has 28 heavy (non-hydrogen) atoms. The lowest BCUT2D eigenvalue weighted by atomic mass is 10.2. The number of nitrogens with one attached hydrogen (secondary N) is 1. The maximum atomic E-state index is 12.8. The topological polar surface area (TPSA) is 106 Å². The number of hydrogen-bond acceptors (Lipinski definition) is 7. The lowest BCUT2D eigenvalue weighted by Gasteiger charge is -2.22. The van der Waals surface area contributed by atoms with Gasteiger partial charge in [0.05, 0.1) is 16.6 Å². The van der Waals surface area contributed by atoms with Gasteiger partial charge >= 0.3 is 0 Å². The van der Waals surface area contributed by atoms with Gasteiger partial charge in [0.1, 0.15) is 6.33 Å². The molecule has 3 aromatic heterocycles. The number of likely N-dealkylation sites (tertiary alicyclic amines) is 1. The highest BCUT2D eigenvalue weighted by molar-refractivity contribution is 7.14. The number of nitrogens with zero attached hydrogens (tertiary/aromatic N) is 5. The molecule has 0 aromatic carbocycles. The van der Waals surface area contributed by atoms with E-state index in [-0.39, 0.29) is 29.6 Å². The highest BCUT2D eigenvalue weighted by Crippen LogP contribution is 2.37. The Morgan fingerprint density at radius 1 is 1.39 bits per heavy atom. The van der Waals surface area contributed by atoms with E-state index in [4.69, 9.17) is 4.52 Å². The second-order valence-corrected chi connectivity index (χ2v) is 7.71. The zero-order valence-electron chi connectivity index (χ0n) is 15.6. The smallest absolute Gasteiger partial charge is 0.293 e. The van der Waals surface area contributed by atoms with Crippen LogP contribution >= 0.6 is 11.3 Å². The summed E-state index contributed by atoms with van der Waals surface area (Å²) >= 11 is 1.38. The molecule has 0 bridgehead atoms. The summed E-state index contributed by atoms with van der Waals surface area (Å²) in [5.41, 5.74) is 0.761. The zero-order valence-corrected chi connectivity index (χ0v) is 16.4. The van der Waals surface area contributed by atoms with E-state index in [1.165, 1.54) is 22.3 Å². The molecule has 1 fully saturated rings. The number of amides is 2. The maximum absolute atomic E-state index is 12.8. The number of rotatable bonds is 5. The summed E-state index contributed by atoms with van der Waals surface area (Å²) in [7, 11) is 1.73. The first kappa shape index (κ1) is 18.4. The summed E-state index contributed by atoms with van der Waals surface area (Å²) in [5, 5.41) is 10.6. The number of aromatic nitrogens is 4. The normalized spacial score (nSPS) is 16.5. The van der Waals surface area contributed by atoms with Crippen LogP contribution < -0.4 is 5.32 Å². The first-order valence-electron chi connectivity index (χ1n) is 9.08. The minimum absolute atomic E-state index is 0.0674. The first-order chi connectivity index (χ1) is 13.5. The molecule has 146 valence electrons. The number of anilines is 1. The predicted molar refractivity (Wildman–Crippen MR) is 102 cm³/mol. The molecule has 0 radical (unpaired) electrons. The van der Waals surface area contributed by atoms with Crippen molar-refractivity contribution < 1.29 is 14.1 Å². The Hall–Kier alpha value is -3.01. The van der Waals surface area contributed by atoms with Crippen molar-refractivity contribution in [3.8, 4) is 0 Å². The van der Waals surface area contributed by atoms with Gasteiger partial charge in [0.25, 0.3) is 11.8 Å². The van der Waals surface area contributed by atoms with Gasteiger partial charge in [0.2, 0.25) is 11.7 Å². The van der Waals surface area contributed by atoms with Crippen LogP contribution in [0.2, 0.25) is 0 Å². The number of carbonyl (C=O) groups excluding carboxylic acids is 2. The summed E-state index contributed by atoms with van der Waals surface area (Å²) in [5.74, 6) is 0.101. The first-order valence-corrected chi connectivity index (χ1v) is 9.90. The number of hydrogen-bond donors (Lipinski definition) is 1. The number of thiophene rings is 1. The van der Waals surface area contributed by atoms with Crippen LogP contribution in [0.3, 0.4) is 0 Å². The van der Waals surface area contributed by atoms with Crippen molar-refractivity contribution in [3.63, 3.8) is 0 Å². The second kappa shape index (κ2) is 7.55. The maximum Gasteiger partial charge on any atom is 0.293 e. The molecule has 4 rings (SSSR count). The monoisotopic (exact) mass is 400 g/mol. The van der Waals surface area contributed by atoms with Crippen LogP contribution in [0.15, 0.2) is 29.0 Å². The molecule has 1 N–H and O–H groups in total. The van der Waals surface area contributed by atoms with Crippen molar-refractivity contribution in [2.75, 3.05) is 11.9 Å². The largest absolute Gasteiger partial charge is 0.351 e. The van der Waals surface area contributed by atoms with E-state index in [0.717, 1.165) is 23.4 Å². The molecule has 9 nitrogen and oxygen atoms in total. The Labute approximate surface area is 165 Å². The van der Waals surface area contributed by atoms with Crippen molar-refractivity contribution in [2.45, 2.75) is 32.2 Å². The van der Waals surface area contributed by atoms with Crippen LogP contribution in [-0.2, 0) is 13.5 Å². The van der Waals surface area contributed by atoms with E-state index < -0.39 is 0 Å². The highest BCUT2D eigenvalue weighted by Gasteiger charge is 2.33. The summed E-state index contributed by atoms with van der Waals surface area (Å²) in [6.45, 7) is 2.62. The number of aryl methyl sites for hydroxylation is 2. The van der Waals surface area contributed by atoms with Gasteiger partial charge in [-0.2, -0.15) is 0 Å². The average Bonchev–Trinajstić information content (AvgIpc) is 3.46. The zero-order chi connectivity index (χ0) is 19.7. The molecule has 1 aliphatic rings. The van der Waals surface area contributed by atoms with Gasteiger partial charge in [0.15, 0.2) is 0 Å². The molecule has 0 saturated carbocycles. The lowest BCUT2D eigenvalue weighted by Crippen LogP contribution is -2.29. The van der Waals surface area contributed by atoms with E-state index in [1.807, 2.05) is 13.0 Å². The second-order valence-electron chi connectivity index (χ2n) is 6.59.